The minimum atomic E-state index is -4.68. The smallest absolute Gasteiger partial charge is 0.406 e. The Balaban J connectivity index is 2.05. The van der Waals surface area contributed by atoms with Gasteiger partial charge in [0.25, 0.3) is 0 Å². The Kier molecular flexibility index (Phi) is 3.75. The molecule has 0 N–H and O–H groups in total. The van der Waals surface area contributed by atoms with Gasteiger partial charge < -0.3 is 9.30 Å². The Morgan fingerprint density at radius 1 is 1.09 bits per heavy atom. The lowest BCUT2D eigenvalue weighted by atomic mass is 10.1. The van der Waals surface area contributed by atoms with Gasteiger partial charge in [-0.1, -0.05) is 0 Å². The van der Waals surface area contributed by atoms with Crippen LogP contribution in [-0.4, -0.2) is 15.9 Å². The highest BCUT2D eigenvalue weighted by Crippen LogP contribution is 2.32. The van der Waals surface area contributed by atoms with Crippen LogP contribution in [0.25, 0.3) is 22.2 Å². The molecule has 2 aromatic heterocycles. The van der Waals surface area contributed by atoms with Crippen molar-refractivity contribution in [1.29, 1.82) is 0 Å². The number of hydrogen-bond donors (Lipinski definition) is 0. The predicted molar refractivity (Wildman–Crippen MR) is 82.2 cm³/mol. The standard InChI is InChI=1S/C17H15F3N2O/c1-11(2)22-15(9-13-7-8-21-10-16(13)22)12-3-5-14(6-4-12)23-17(18,19)20/h3-11H,1-2H3. The molecule has 0 bridgehead atoms. The molecular formula is C17H15F3N2O. The Morgan fingerprint density at radius 3 is 2.39 bits per heavy atom. The van der Waals surface area contributed by atoms with Crippen LogP contribution < -0.4 is 4.74 Å². The Bertz CT molecular complexity index is 820. The summed E-state index contributed by atoms with van der Waals surface area (Å²) in [6.45, 7) is 4.11. The fraction of sp³-hybridized carbons (Fsp3) is 0.235. The summed E-state index contributed by atoms with van der Waals surface area (Å²) in [6.07, 6.45) is -1.17. The van der Waals surface area contributed by atoms with Crippen LogP contribution in [-0.2, 0) is 0 Å². The van der Waals surface area contributed by atoms with Crippen molar-refractivity contribution in [1.82, 2.24) is 9.55 Å². The molecule has 0 unspecified atom stereocenters. The highest BCUT2D eigenvalue weighted by atomic mass is 19.4. The lowest BCUT2D eigenvalue weighted by Crippen LogP contribution is -2.16. The summed E-state index contributed by atoms with van der Waals surface area (Å²) in [4.78, 5) is 4.15. The topological polar surface area (TPSA) is 27.1 Å². The summed E-state index contributed by atoms with van der Waals surface area (Å²) in [5.74, 6) is -0.227. The molecule has 0 saturated carbocycles. The van der Waals surface area contributed by atoms with Crippen LogP contribution in [0.3, 0.4) is 0 Å². The molecule has 120 valence electrons. The summed E-state index contributed by atoms with van der Waals surface area (Å²) in [5, 5.41) is 1.04. The third kappa shape index (κ3) is 3.16. The van der Waals surface area contributed by atoms with Gasteiger partial charge in [-0.15, -0.1) is 13.2 Å². The first-order valence-corrected chi connectivity index (χ1v) is 7.16. The van der Waals surface area contributed by atoms with E-state index in [1.54, 1.807) is 24.5 Å². The van der Waals surface area contributed by atoms with Gasteiger partial charge in [-0.3, -0.25) is 4.98 Å². The number of aromatic nitrogens is 2. The van der Waals surface area contributed by atoms with E-state index < -0.39 is 6.36 Å². The molecule has 0 aliphatic heterocycles. The normalized spacial score (nSPS) is 12.1. The van der Waals surface area contributed by atoms with E-state index in [4.69, 9.17) is 0 Å². The predicted octanol–water partition coefficient (Wildman–Crippen LogP) is 5.18. The molecular weight excluding hydrogens is 305 g/mol. The van der Waals surface area contributed by atoms with Crippen LogP contribution in [0.1, 0.15) is 19.9 Å². The van der Waals surface area contributed by atoms with Gasteiger partial charge >= 0.3 is 6.36 Å². The zero-order chi connectivity index (χ0) is 16.6. The van der Waals surface area contributed by atoms with Gasteiger partial charge in [0.2, 0.25) is 0 Å². The highest BCUT2D eigenvalue weighted by Gasteiger charge is 2.31. The molecule has 23 heavy (non-hydrogen) atoms. The van der Waals surface area contributed by atoms with E-state index in [-0.39, 0.29) is 11.8 Å². The van der Waals surface area contributed by atoms with Gasteiger partial charge in [0.05, 0.1) is 11.7 Å². The van der Waals surface area contributed by atoms with Crippen molar-refractivity contribution >= 4 is 10.9 Å². The molecule has 3 rings (SSSR count). The van der Waals surface area contributed by atoms with Crippen molar-refractivity contribution in [3.8, 4) is 17.0 Å². The molecule has 0 aliphatic rings. The molecule has 0 amide bonds. The van der Waals surface area contributed by atoms with Gasteiger partial charge in [0, 0.05) is 23.3 Å². The average molecular weight is 320 g/mol. The van der Waals surface area contributed by atoms with Crippen molar-refractivity contribution in [2.75, 3.05) is 0 Å². The fourth-order valence-electron chi connectivity index (χ4n) is 2.67. The second-order valence-corrected chi connectivity index (χ2v) is 5.50. The van der Waals surface area contributed by atoms with E-state index in [0.29, 0.717) is 0 Å². The largest absolute Gasteiger partial charge is 0.573 e. The molecule has 0 spiro atoms. The summed E-state index contributed by atoms with van der Waals surface area (Å²) in [6, 6.07) is 10.0. The van der Waals surface area contributed by atoms with Crippen molar-refractivity contribution in [2.45, 2.75) is 26.3 Å². The van der Waals surface area contributed by atoms with E-state index >= 15 is 0 Å². The number of fused-ring (bicyclic) bond motifs is 1. The number of hydrogen-bond acceptors (Lipinski definition) is 2. The number of nitrogens with zero attached hydrogens (tertiary/aromatic N) is 2. The van der Waals surface area contributed by atoms with Crippen molar-refractivity contribution in [3.05, 3.63) is 48.8 Å². The second kappa shape index (κ2) is 5.61. The molecule has 0 saturated heterocycles. The third-order valence-electron chi connectivity index (χ3n) is 3.54. The minimum Gasteiger partial charge on any atom is -0.406 e. The first-order chi connectivity index (χ1) is 10.8. The monoisotopic (exact) mass is 320 g/mol. The molecule has 1 aromatic carbocycles. The molecule has 0 aliphatic carbocycles. The van der Waals surface area contributed by atoms with E-state index in [9.17, 15) is 13.2 Å². The molecule has 3 aromatic rings. The van der Waals surface area contributed by atoms with Gasteiger partial charge in [0.1, 0.15) is 5.75 Å². The zero-order valence-corrected chi connectivity index (χ0v) is 12.6. The average Bonchev–Trinajstić information content (AvgIpc) is 2.85. The molecule has 6 heteroatoms. The maximum atomic E-state index is 12.2. The summed E-state index contributed by atoms with van der Waals surface area (Å²) >= 11 is 0. The number of benzene rings is 1. The van der Waals surface area contributed by atoms with E-state index in [1.165, 1.54) is 12.1 Å². The minimum absolute atomic E-state index is 0.192. The lowest BCUT2D eigenvalue weighted by molar-refractivity contribution is -0.274. The quantitative estimate of drug-likeness (QED) is 0.664. The molecule has 0 fully saturated rings. The van der Waals surface area contributed by atoms with Crippen LogP contribution in [0.15, 0.2) is 48.8 Å². The van der Waals surface area contributed by atoms with Gasteiger partial charge in [-0.25, -0.2) is 0 Å². The van der Waals surface area contributed by atoms with Crippen molar-refractivity contribution in [2.24, 2.45) is 0 Å². The molecule has 3 nitrogen and oxygen atoms in total. The first-order valence-electron chi connectivity index (χ1n) is 7.16. The molecule has 0 atom stereocenters. The van der Waals surface area contributed by atoms with Crippen LogP contribution in [0.4, 0.5) is 13.2 Å². The maximum Gasteiger partial charge on any atom is 0.573 e. The summed E-state index contributed by atoms with van der Waals surface area (Å²) in [7, 11) is 0. The Morgan fingerprint density at radius 2 is 1.78 bits per heavy atom. The lowest BCUT2D eigenvalue weighted by Gasteiger charge is -2.15. The van der Waals surface area contributed by atoms with Gasteiger partial charge in [-0.05, 0) is 55.8 Å². The van der Waals surface area contributed by atoms with E-state index in [0.717, 1.165) is 22.2 Å². The van der Waals surface area contributed by atoms with Crippen molar-refractivity contribution < 1.29 is 17.9 Å². The van der Waals surface area contributed by atoms with Crippen LogP contribution in [0.5, 0.6) is 5.75 Å². The zero-order valence-electron chi connectivity index (χ0n) is 12.6. The van der Waals surface area contributed by atoms with E-state index in [1.807, 2.05) is 12.1 Å². The Hall–Kier alpha value is -2.50. The number of halogens is 3. The van der Waals surface area contributed by atoms with Gasteiger partial charge in [0.15, 0.2) is 0 Å². The number of ether oxygens (including phenoxy) is 1. The highest BCUT2D eigenvalue weighted by molar-refractivity contribution is 5.86. The molecule has 2 heterocycles. The van der Waals surface area contributed by atoms with Crippen LogP contribution in [0, 0.1) is 0 Å². The van der Waals surface area contributed by atoms with Gasteiger partial charge in [-0.2, -0.15) is 0 Å². The maximum absolute atomic E-state index is 12.2. The van der Waals surface area contributed by atoms with Crippen LogP contribution in [0.2, 0.25) is 0 Å². The van der Waals surface area contributed by atoms with Crippen molar-refractivity contribution in [3.63, 3.8) is 0 Å². The van der Waals surface area contributed by atoms with E-state index in [2.05, 4.69) is 28.1 Å². The van der Waals surface area contributed by atoms with Crippen LogP contribution >= 0.6 is 0 Å². The summed E-state index contributed by atoms with van der Waals surface area (Å²) < 4.78 is 42.7. The fourth-order valence-corrected chi connectivity index (χ4v) is 2.67. The summed E-state index contributed by atoms with van der Waals surface area (Å²) in [5.41, 5.74) is 2.75. The molecule has 0 radical (unpaired) electrons. The SMILES string of the molecule is CC(C)n1c(-c2ccc(OC(F)(F)F)cc2)cc2ccncc21. The third-order valence-corrected chi connectivity index (χ3v) is 3.54. The number of pyridine rings is 1. The first kappa shape index (κ1) is 15.4. The number of alkyl halides is 3. The number of rotatable bonds is 3. The Labute approximate surface area is 131 Å². The second-order valence-electron chi connectivity index (χ2n) is 5.50.